The lowest BCUT2D eigenvalue weighted by Crippen LogP contribution is -2.07. The van der Waals surface area contributed by atoms with E-state index in [1.165, 1.54) is 32.1 Å². The predicted octanol–water partition coefficient (Wildman–Crippen LogP) is 3.06. The van der Waals surface area contributed by atoms with Gasteiger partial charge in [-0.15, -0.1) is 0 Å². The van der Waals surface area contributed by atoms with Gasteiger partial charge in [-0.1, -0.05) is 12.2 Å². The van der Waals surface area contributed by atoms with E-state index in [9.17, 15) is 0 Å². The van der Waals surface area contributed by atoms with Crippen LogP contribution in [0.2, 0.25) is 0 Å². The van der Waals surface area contributed by atoms with Crippen molar-refractivity contribution in [1.29, 1.82) is 0 Å². The molecule has 2 unspecified atom stereocenters. The number of hydrogen-bond donors (Lipinski definition) is 0. The summed E-state index contributed by atoms with van der Waals surface area (Å²) < 4.78 is 0. The normalized spacial score (nSPS) is 40.0. The standard InChI is InChI=1S/C11H14/c1-2-4-10-6-8-5-9(3-1)11(10)7-8/h3,7-8,10H,1-2,4-6H2. The lowest BCUT2D eigenvalue weighted by atomic mass is 9.85. The summed E-state index contributed by atoms with van der Waals surface area (Å²) in [5.41, 5.74) is 3.45. The molecule has 0 radical (unpaired) electrons. The Kier molecular flexibility index (Phi) is 1.10. The first-order valence-electron chi connectivity index (χ1n) is 4.84. The monoisotopic (exact) mass is 146 g/mol. The molecular weight excluding hydrogens is 132 g/mol. The van der Waals surface area contributed by atoms with E-state index in [0.717, 1.165) is 11.8 Å². The summed E-state index contributed by atoms with van der Waals surface area (Å²) in [7, 11) is 0. The molecule has 3 aliphatic carbocycles. The van der Waals surface area contributed by atoms with Gasteiger partial charge in [0.05, 0.1) is 0 Å². The summed E-state index contributed by atoms with van der Waals surface area (Å²) in [6.45, 7) is 0. The molecule has 3 rings (SSSR count). The average Bonchev–Trinajstić information content (AvgIpc) is 2.55. The second kappa shape index (κ2) is 2.00. The lowest BCUT2D eigenvalue weighted by molar-refractivity contribution is 0.455. The summed E-state index contributed by atoms with van der Waals surface area (Å²) >= 11 is 0. The van der Waals surface area contributed by atoms with Gasteiger partial charge in [0.25, 0.3) is 0 Å². The van der Waals surface area contributed by atoms with Crippen LogP contribution in [-0.4, -0.2) is 0 Å². The largest absolute Gasteiger partial charge is 0.0810 e. The molecule has 0 spiro atoms. The van der Waals surface area contributed by atoms with Gasteiger partial charge in [0.1, 0.15) is 0 Å². The van der Waals surface area contributed by atoms with Crippen LogP contribution >= 0.6 is 0 Å². The highest BCUT2D eigenvalue weighted by Crippen LogP contribution is 2.49. The van der Waals surface area contributed by atoms with Gasteiger partial charge in [0.15, 0.2) is 0 Å². The maximum absolute atomic E-state index is 2.54. The molecular formula is C11H14. The van der Waals surface area contributed by atoms with Crippen LogP contribution in [0, 0.1) is 11.8 Å². The van der Waals surface area contributed by atoms with Crippen molar-refractivity contribution in [3.05, 3.63) is 23.3 Å². The van der Waals surface area contributed by atoms with Crippen LogP contribution in [0.3, 0.4) is 0 Å². The average molecular weight is 146 g/mol. The molecule has 3 aliphatic rings. The Morgan fingerprint density at radius 1 is 1.36 bits per heavy atom. The van der Waals surface area contributed by atoms with Gasteiger partial charge in [-0.2, -0.15) is 0 Å². The molecule has 0 heteroatoms. The van der Waals surface area contributed by atoms with Gasteiger partial charge >= 0.3 is 0 Å². The highest BCUT2D eigenvalue weighted by atomic mass is 14.4. The summed E-state index contributed by atoms with van der Waals surface area (Å²) in [5.74, 6) is 1.92. The van der Waals surface area contributed by atoms with Crippen molar-refractivity contribution in [1.82, 2.24) is 0 Å². The van der Waals surface area contributed by atoms with E-state index in [-0.39, 0.29) is 0 Å². The Morgan fingerprint density at radius 3 is 3.27 bits per heavy atom. The van der Waals surface area contributed by atoms with E-state index in [1.54, 1.807) is 11.1 Å². The molecule has 0 aliphatic heterocycles. The maximum atomic E-state index is 2.54. The molecule has 0 N–H and O–H groups in total. The van der Waals surface area contributed by atoms with E-state index in [2.05, 4.69) is 12.2 Å². The van der Waals surface area contributed by atoms with Gasteiger partial charge in [-0.3, -0.25) is 0 Å². The third kappa shape index (κ3) is 0.756. The van der Waals surface area contributed by atoms with Crippen LogP contribution in [0.15, 0.2) is 23.3 Å². The van der Waals surface area contributed by atoms with Crippen molar-refractivity contribution in [3.63, 3.8) is 0 Å². The van der Waals surface area contributed by atoms with Crippen molar-refractivity contribution in [3.8, 4) is 0 Å². The molecule has 0 aromatic heterocycles. The summed E-state index contributed by atoms with van der Waals surface area (Å²) in [6, 6.07) is 0. The van der Waals surface area contributed by atoms with Crippen molar-refractivity contribution >= 4 is 0 Å². The van der Waals surface area contributed by atoms with Crippen LogP contribution < -0.4 is 0 Å². The fraction of sp³-hybridized carbons (Fsp3) is 0.636. The highest BCUT2D eigenvalue weighted by Gasteiger charge is 2.35. The quantitative estimate of drug-likeness (QED) is 0.492. The molecule has 2 atom stereocenters. The van der Waals surface area contributed by atoms with Crippen molar-refractivity contribution in [2.24, 2.45) is 11.8 Å². The topological polar surface area (TPSA) is 0 Å². The molecule has 11 heavy (non-hydrogen) atoms. The maximum Gasteiger partial charge on any atom is -0.0157 e. The van der Waals surface area contributed by atoms with E-state index < -0.39 is 0 Å². The fourth-order valence-electron chi connectivity index (χ4n) is 2.98. The predicted molar refractivity (Wildman–Crippen MR) is 46.2 cm³/mol. The molecule has 0 saturated heterocycles. The first kappa shape index (κ1) is 6.05. The molecule has 0 nitrogen and oxygen atoms in total. The first-order chi connectivity index (χ1) is 5.43. The number of allylic oxidation sites excluding steroid dienone is 4. The minimum absolute atomic E-state index is 0.944. The number of rotatable bonds is 0. The Labute approximate surface area is 68.0 Å². The molecule has 2 bridgehead atoms. The number of hydrogen-bond acceptors (Lipinski definition) is 0. The van der Waals surface area contributed by atoms with Crippen LogP contribution in [0.1, 0.15) is 32.1 Å². The van der Waals surface area contributed by atoms with Crippen molar-refractivity contribution in [2.45, 2.75) is 32.1 Å². The Hall–Kier alpha value is -0.520. The Balaban J connectivity index is 2.05. The van der Waals surface area contributed by atoms with Crippen LogP contribution in [-0.2, 0) is 0 Å². The number of fused-ring (bicyclic) bond motifs is 1. The fourth-order valence-corrected chi connectivity index (χ4v) is 2.98. The second-order valence-electron chi connectivity index (χ2n) is 4.18. The lowest BCUT2D eigenvalue weighted by Gasteiger charge is -2.20. The Bertz CT molecular complexity index is 245. The molecule has 0 fully saturated rings. The van der Waals surface area contributed by atoms with Crippen molar-refractivity contribution in [2.75, 3.05) is 0 Å². The van der Waals surface area contributed by atoms with Crippen LogP contribution in [0.5, 0.6) is 0 Å². The first-order valence-corrected chi connectivity index (χ1v) is 4.84. The second-order valence-corrected chi connectivity index (χ2v) is 4.18. The van der Waals surface area contributed by atoms with Gasteiger partial charge in [0.2, 0.25) is 0 Å². The third-order valence-electron chi connectivity index (χ3n) is 3.44. The molecule has 0 saturated carbocycles. The highest BCUT2D eigenvalue weighted by molar-refractivity contribution is 5.43. The van der Waals surface area contributed by atoms with E-state index in [4.69, 9.17) is 0 Å². The zero-order valence-corrected chi connectivity index (χ0v) is 6.84. The Morgan fingerprint density at radius 2 is 2.36 bits per heavy atom. The molecule has 58 valence electrons. The van der Waals surface area contributed by atoms with Crippen LogP contribution in [0.4, 0.5) is 0 Å². The molecule has 0 amide bonds. The summed E-state index contributed by atoms with van der Waals surface area (Å²) in [4.78, 5) is 0. The van der Waals surface area contributed by atoms with Gasteiger partial charge in [0, 0.05) is 0 Å². The van der Waals surface area contributed by atoms with Crippen molar-refractivity contribution < 1.29 is 0 Å². The van der Waals surface area contributed by atoms with E-state index in [1.807, 2.05) is 0 Å². The van der Waals surface area contributed by atoms with Gasteiger partial charge in [-0.05, 0) is 55.1 Å². The van der Waals surface area contributed by atoms with Crippen LogP contribution in [0.25, 0.3) is 0 Å². The molecule has 0 aromatic carbocycles. The third-order valence-corrected chi connectivity index (χ3v) is 3.44. The smallest absolute Gasteiger partial charge is 0.0157 e. The minimum Gasteiger partial charge on any atom is -0.0810 e. The molecule has 0 heterocycles. The van der Waals surface area contributed by atoms with Gasteiger partial charge in [-0.25, -0.2) is 0 Å². The molecule has 0 aromatic rings. The zero-order valence-electron chi connectivity index (χ0n) is 6.84. The SMILES string of the molecule is C1=C2CC3C=C2C(CCC1)C3. The minimum atomic E-state index is 0.944. The van der Waals surface area contributed by atoms with E-state index >= 15 is 0 Å². The summed E-state index contributed by atoms with van der Waals surface area (Å²) in [6.07, 6.45) is 12.1. The van der Waals surface area contributed by atoms with E-state index in [0.29, 0.717) is 0 Å². The van der Waals surface area contributed by atoms with Gasteiger partial charge < -0.3 is 0 Å². The zero-order chi connectivity index (χ0) is 7.26. The summed E-state index contributed by atoms with van der Waals surface area (Å²) in [5, 5.41) is 0.